The van der Waals surface area contributed by atoms with Crippen molar-refractivity contribution in [1.82, 2.24) is 9.88 Å². The van der Waals surface area contributed by atoms with Gasteiger partial charge in [-0.2, -0.15) is 13.2 Å². The summed E-state index contributed by atoms with van der Waals surface area (Å²) in [5.41, 5.74) is -0.336. The third-order valence-electron chi connectivity index (χ3n) is 3.84. The first-order valence-corrected chi connectivity index (χ1v) is 8.52. The molecule has 0 spiro atoms. The lowest BCUT2D eigenvalue weighted by Crippen LogP contribution is -2.30. The lowest BCUT2D eigenvalue weighted by atomic mass is 10.1. The summed E-state index contributed by atoms with van der Waals surface area (Å²) in [6.07, 6.45) is -3.65. The SMILES string of the molecule is O=C(c1ccc(C(F)(F)F)nc1)N1CCSC1c1ccc([N+](=O)[O-])cc1. The summed E-state index contributed by atoms with van der Waals surface area (Å²) < 4.78 is 37.8. The zero-order valence-electron chi connectivity index (χ0n) is 13.1. The highest BCUT2D eigenvalue weighted by atomic mass is 32.2. The number of alkyl halides is 3. The Balaban J connectivity index is 1.81. The highest BCUT2D eigenvalue weighted by molar-refractivity contribution is 7.99. The number of rotatable bonds is 3. The van der Waals surface area contributed by atoms with Gasteiger partial charge in [0.15, 0.2) is 0 Å². The Bertz CT molecular complexity index is 825. The van der Waals surface area contributed by atoms with Crippen LogP contribution in [0.3, 0.4) is 0 Å². The first-order valence-electron chi connectivity index (χ1n) is 7.47. The number of pyridine rings is 1. The van der Waals surface area contributed by atoms with E-state index in [1.54, 1.807) is 12.1 Å². The first-order chi connectivity index (χ1) is 12.3. The van der Waals surface area contributed by atoms with Crippen molar-refractivity contribution in [3.8, 4) is 0 Å². The molecule has 1 aromatic carbocycles. The standard InChI is InChI=1S/C16H12F3N3O3S/c17-16(18,19)13-6-3-11(9-20-13)14(23)21-7-8-26-15(21)10-1-4-12(5-2-10)22(24)25/h1-6,9,15H,7-8H2. The van der Waals surface area contributed by atoms with Crippen molar-refractivity contribution in [2.75, 3.05) is 12.3 Å². The molecule has 2 aromatic rings. The molecule has 26 heavy (non-hydrogen) atoms. The Labute approximate surface area is 150 Å². The largest absolute Gasteiger partial charge is 0.433 e. The Kier molecular flexibility index (Phi) is 4.86. The number of hydrogen-bond acceptors (Lipinski definition) is 5. The maximum atomic E-state index is 12.6. The fraction of sp³-hybridized carbons (Fsp3) is 0.250. The van der Waals surface area contributed by atoms with E-state index < -0.39 is 22.7 Å². The number of amides is 1. The minimum absolute atomic E-state index is 0.0541. The number of non-ortho nitro benzene ring substituents is 1. The van der Waals surface area contributed by atoms with Crippen LogP contribution >= 0.6 is 11.8 Å². The number of nitro benzene ring substituents is 1. The molecule has 136 valence electrons. The van der Waals surface area contributed by atoms with Crippen molar-refractivity contribution in [3.05, 3.63) is 69.5 Å². The van der Waals surface area contributed by atoms with Crippen LogP contribution in [0.4, 0.5) is 18.9 Å². The Hall–Kier alpha value is -2.62. The van der Waals surface area contributed by atoms with E-state index >= 15 is 0 Å². The normalized spacial score (nSPS) is 17.3. The third-order valence-corrected chi connectivity index (χ3v) is 5.10. The second-order valence-corrected chi connectivity index (χ2v) is 6.69. The molecule has 1 aromatic heterocycles. The summed E-state index contributed by atoms with van der Waals surface area (Å²) in [6, 6.07) is 7.75. The van der Waals surface area contributed by atoms with Crippen LogP contribution < -0.4 is 0 Å². The van der Waals surface area contributed by atoms with Crippen molar-refractivity contribution >= 4 is 23.4 Å². The van der Waals surface area contributed by atoms with Crippen molar-refractivity contribution in [2.24, 2.45) is 0 Å². The summed E-state index contributed by atoms with van der Waals surface area (Å²) in [5.74, 6) is 0.223. The smallest absolute Gasteiger partial charge is 0.322 e. The van der Waals surface area contributed by atoms with E-state index in [2.05, 4.69) is 4.98 Å². The van der Waals surface area contributed by atoms with Gasteiger partial charge in [0.1, 0.15) is 11.1 Å². The summed E-state index contributed by atoms with van der Waals surface area (Å²) in [7, 11) is 0. The van der Waals surface area contributed by atoms with Crippen molar-refractivity contribution in [3.63, 3.8) is 0 Å². The maximum Gasteiger partial charge on any atom is 0.433 e. The molecule has 2 heterocycles. The molecular formula is C16H12F3N3O3S. The van der Waals surface area contributed by atoms with E-state index in [0.29, 0.717) is 17.9 Å². The number of thioether (sulfide) groups is 1. The van der Waals surface area contributed by atoms with Crippen LogP contribution in [0.1, 0.15) is 27.0 Å². The molecule has 6 nitrogen and oxygen atoms in total. The molecule has 1 fully saturated rings. The van der Waals surface area contributed by atoms with Crippen LogP contribution in [-0.2, 0) is 6.18 Å². The monoisotopic (exact) mass is 383 g/mol. The van der Waals surface area contributed by atoms with E-state index in [9.17, 15) is 28.1 Å². The van der Waals surface area contributed by atoms with Gasteiger partial charge < -0.3 is 4.90 Å². The molecule has 1 saturated heterocycles. The second-order valence-electron chi connectivity index (χ2n) is 5.50. The summed E-state index contributed by atoms with van der Waals surface area (Å²) in [6.45, 7) is 0.423. The molecule has 1 aliphatic heterocycles. The quantitative estimate of drug-likeness (QED) is 0.594. The van der Waals surface area contributed by atoms with Crippen LogP contribution in [0.15, 0.2) is 42.6 Å². The van der Waals surface area contributed by atoms with Gasteiger partial charge in [0, 0.05) is 30.6 Å². The first kappa shape index (κ1) is 18.2. The molecule has 1 aliphatic rings. The Morgan fingerprint density at radius 2 is 1.92 bits per heavy atom. The molecule has 0 radical (unpaired) electrons. The number of carbonyl (C=O) groups is 1. The van der Waals surface area contributed by atoms with Crippen molar-refractivity contribution in [2.45, 2.75) is 11.6 Å². The average molecular weight is 383 g/mol. The molecular weight excluding hydrogens is 371 g/mol. The topological polar surface area (TPSA) is 76.3 Å². The molecule has 0 N–H and O–H groups in total. The van der Waals surface area contributed by atoms with Gasteiger partial charge in [-0.05, 0) is 29.8 Å². The van der Waals surface area contributed by atoms with Gasteiger partial charge in [-0.1, -0.05) is 0 Å². The van der Waals surface area contributed by atoms with Gasteiger partial charge in [-0.15, -0.1) is 11.8 Å². The number of nitro groups is 1. The van der Waals surface area contributed by atoms with Crippen molar-refractivity contribution < 1.29 is 22.9 Å². The fourth-order valence-corrected chi connectivity index (χ4v) is 3.82. The molecule has 1 amide bonds. The van der Waals surface area contributed by atoms with Crippen molar-refractivity contribution in [1.29, 1.82) is 0 Å². The molecule has 3 rings (SSSR count). The maximum absolute atomic E-state index is 12.6. The van der Waals surface area contributed by atoms with E-state index in [1.807, 2.05) is 0 Å². The molecule has 1 unspecified atom stereocenters. The summed E-state index contributed by atoms with van der Waals surface area (Å²) in [4.78, 5) is 27.7. The van der Waals surface area contributed by atoms with Gasteiger partial charge in [0.25, 0.3) is 11.6 Å². The highest BCUT2D eigenvalue weighted by Crippen LogP contribution is 2.39. The van der Waals surface area contributed by atoms with Gasteiger partial charge >= 0.3 is 6.18 Å². The van der Waals surface area contributed by atoms with Crippen LogP contribution in [0.5, 0.6) is 0 Å². The lowest BCUT2D eigenvalue weighted by molar-refractivity contribution is -0.384. The van der Waals surface area contributed by atoms with Crippen LogP contribution in [0.2, 0.25) is 0 Å². The Morgan fingerprint density at radius 3 is 2.46 bits per heavy atom. The molecule has 1 atom stereocenters. The third kappa shape index (κ3) is 3.64. The molecule has 10 heteroatoms. The number of carbonyl (C=O) groups excluding carboxylic acids is 1. The zero-order valence-corrected chi connectivity index (χ0v) is 14.0. The fourth-order valence-electron chi connectivity index (χ4n) is 2.57. The number of benzene rings is 1. The van der Waals surface area contributed by atoms with E-state index in [0.717, 1.165) is 18.3 Å². The number of hydrogen-bond donors (Lipinski definition) is 0. The lowest BCUT2D eigenvalue weighted by Gasteiger charge is -2.24. The van der Waals surface area contributed by atoms with Gasteiger partial charge in [-0.3, -0.25) is 19.9 Å². The van der Waals surface area contributed by atoms with Gasteiger partial charge in [-0.25, -0.2) is 0 Å². The summed E-state index contributed by atoms with van der Waals surface area (Å²) in [5, 5.41) is 10.4. The van der Waals surface area contributed by atoms with E-state index in [1.165, 1.54) is 28.8 Å². The molecule has 0 saturated carbocycles. The number of aromatic nitrogens is 1. The Morgan fingerprint density at radius 1 is 1.23 bits per heavy atom. The minimum Gasteiger partial charge on any atom is -0.322 e. The average Bonchev–Trinajstić information content (AvgIpc) is 3.10. The van der Waals surface area contributed by atoms with Crippen LogP contribution in [0.25, 0.3) is 0 Å². The molecule has 0 bridgehead atoms. The molecule has 0 aliphatic carbocycles. The zero-order chi connectivity index (χ0) is 18.9. The predicted molar refractivity (Wildman–Crippen MR) is 88.6 cm³/mol. The number of nitrogens with zero attached hydrogens (tertiary/aromatic N) is 3. The van der Waals surface area contributed by atoms with Gasteiger partial charge in [0.2, 0.25) is 0 Å². The van der Waals surface area contributed by atoms with E-state index in [-0.39, 0.29) is 16.6 Å². The second kappa shape index (κ2) is 6.94. The van der Waals surface area contributed by atoms with Crippen LogP contribution in [-0.4, -0.2) is 33.0 Å². The van der Waals surface area contributed by atoms with Crippen LogP contribution in [0, 0.1) is 10.1 Å². The minimum atomic E-state index is -4.56. The highest BCUT2D eigenvalue weighted by Gasteiger charge is 2.34. The van der Waals surface area contributed by atoms with Gasteiger partial charge in [0.05, 0.1) is 10.5 Å². The van der Waals surface area contributed by atoms with E-state index in [4.69, 9.17) is 0 Å². The number of halogens is 3. The summed E-state index contributed by atoms with van der Waals surface area (Å²) >= 11 is 1.48. The predicted octanol–water partition coefficient (Wildman–Crippen LogP) is 3.90.